The highest BCUT2D eigenvalue weighted by atomic mass is 16.7. The summed E-state index contributed by atoms with van der Waals surface area (Å²) < 4.78 is 28.3. The molecule has 1 aliphatic heterocycles. The first-order valence-electron chi connectivity index (χ1n) is 28.5. The molecule has 0 bridgehead atoms. The Morgan fingerprint density at radius 2 is 0.853 bits per heavy atom. The van der Waals surface area contributed by atoms with E-state index in [0.717, 1.165) is 122 Å². The monoisotopic (exact) mass is 1050 g/mol. The van der Waals surface area contributed by atoms with Gasteiger partial charge in [0.25, 0.3) is 0 Å². The van der Waals surface area contributed by atoms with Crippen molar-refractivity contribution in [3.63, 3.8) is 0 Å². The lowest BCUT2D eigenvalue weighted by molar-refractivity contribution is -0.301. The van der Waals surface area contributed by atoms with Crippen molar-refractivity contribution in [2.75, 3.05) is 13.2 Å². The van der Waals surface area contributed by atoms with Crippen LogP contribution in [0.5, 0.6) is 0 Å². The average Bonchev–Trinajstić information content (AvgIpc) is 3.39. The fourth-order valence-corrected chi connectivity index (χ4v) is 7.67. The number of carbonyl (C=O) groups is 4. The van der Waals surface area contributed by atoms with Crippen molar-refractivity contribution in [3.8, 4) is 0 Å². The number of aliphatic hydroxyl groups excluding tert-OH is 2. The van der Waals surface area contributed by atoms with Crippen LogP contribution in [0.4, 0.5) is 0 Å². The zero-order valence-corrected chi connectivity index (χ0v) is 46.2. The van der Waals surface area contributed by atoms with Gasteiger partial charge in [-0.2, -0.15) is 0 Å². The third-order valence-electron chi connectivity index (χ3n) is 12.0. The molecule has 422 valence electrons. The number of aliphatic carboxylic acids is 1. The Bertz CT molecular complexity index is 1770. The second-order valence-corrected chi connectivity index (χ2v) is 18.8. The molecule has 1 rings (SSSR count). The van der Waals surface area contributed by atoms with Gasteiger partial charge in [0.15, 0.2) is 24.6 Å². The standard InChI is InChI=1S/C63H98O12/c1-4-7-10-13-16-19-22-24-26-28-30-32-35-37-40-43-46-49-55(64)71-52-54(73-56(65)50-47-44-41-38-34-21-18-15-12-9-6-3)53-72-63-61(59(68)58(67)60(75-63)62(69)70)74-57(66)51-48-45-42-39-36-33-31-29-27-25-23-20-17-14-11-8-5-2/h7-8,10-11,15-20,24-27,30-33,37,40,54,58-61,63,67-68H,4-6,9,12-14,21-23,28-29,34-36,38-39,41-53H2,1-3H3,(H,69,70)/b10-7-,11-8-,18-15-,19-16-,20-17-,26-24-,27-25-,32-30-,33-31-,40-37-. The zero-order chi connectivity index (χ0) is 54.7. The van der Waals surface area contributed by atoms with E-state index < -0.39 is 67.3 Å². The summed E-state index contributed by atoms with van der Waals surface area (Å²) in [5.41, 5.74) is 0. The van der Waals surface area contributed by atoms with Gasteiger partial charge in [0.1, 0.15) is 18.8 Å². The van der Waals surface area contributed by atoms with E-state index in [9.17, 15) is 34.5 Å². The van der Waals surface area contributed by atoms with E-state index in [1.165, 1.54) is 12.8 Å². The molecule has 0 saturated carbocycles. The average molecular weight is 1050 g/mol. The van der Waals surface area contributed by atoms with Gasteiger partial charge in [-0.25, -0.2) is 4.79 Å². The topological polar surface area (TPSA) is 175 Å². The molecule has 0 radical (unpaired) electrons. The molecule has 12 heteroatoms. The van der Waals surface area contributed by atoms with Crippen molar-refractivity contribution in [2.45, 2.75) is 237 Å². The number of rotatable bonds is 46. The number of carbonyl (C=O) groups excluding carboxylic acids is 3. The Labute approximate surface area is 452 Å². The number of aliphatic hydroxyl groups is 2. The first-order chi connectivity index (χ1) is 36.6. The Morgan fingerprint density at radius 3 is 1.33 bits per heavy atom. The van der Waals surface area contributed by atoms with Crippen molar-refractivity contribution < 1.29 is 58.2 Å². The van der Waals surface area contributed by atoms with Crippen molar-refractivity contribution in [1.82, 2.24) is 0 Å². The molecule has 1 heterocycles. The first-order valence-corrected chi connectivity index (χ1v) is 28.5. The fourth-order valence-electron chi connectivity index (χ4n) is 7.67. The van der Waals surface area contributed by atoms with Crippen LogP contribution in [0, 0.1) is 0 Å². The van der Waals surface area contributed by atoms with Gasteiger partial charge in [-0.3, -0.25) is 14.4 Å². The quantitative estimate of drug-likeness (QED) is 0.0228. The van der Waals surface area contributed by atoms with Gasteiger partial charge >= 0.3 is 23.9 Å². The molecule has 0 amide bonds. The van der Waals surface area contributed by atoms with Crippen LogP contribution in [-0.2, 0) is 42.9 Å². The molecule has 1 fully saturated rings. The van der Waals surface area contributed by atoms with Gasteiger partial charge in [-0.15, -0.1) is 0 Å². The first kappa shape index (κ1) is 68.1. The summed E-state index contributed by atoms with van der Waals surface area (Å²) in [5.74, 6) is -3.26. The van der Waals surface area contributed by atoms with Gasteiger partial charge in [0.05, 0.1) is 6.61 Å². The summed E-state index contributed by atoms with van der Waals surface area (Å²) in [4.78, 5) is 51.0. The van der Waals surface area contributed by atoms with E-state index in [-0.39, 0.29) is 25.9 Å². The third-order valence-corrected chi connectivity index (χ3v) is 12.0. The molecule has 12 nitrogen and oxygen atoms in total. The van der Waals surface area contributed by atoms with Crippen LogP contribution in [0.3, 0.4) is 0 Å². The summed E-state index contributed by atoms with van der Waals surface area (Å²) >= 11 is 0. The van der Waals surface area contributed by atoms with Crippen LogP contribution in [0.2, 0.25) is 0 Å². The van der Waals surface area contributed by atoms with Crippen LogP contribution in [0.1, 0.15) is 201 Å². The molecule has 6 unspecified atom stereocenters. The van der Waals surface area contributed by atoms with Gasteiger partial charge < -0.3 is 39.0 Å². The van der Waals surface area contributed by atoms with E-state index in [0.29, 0.717) is 25.7 Å². The van der Waals surface area contributed by atoms with E-state index in [2.05, 4.69) is 136 Å². The van der Waals surface area contributed by atoms with Crippen LogP contribution >= 0.6 is 0 Å². The van der Waals surface area contributed by atoms with E-state index in [1.54, 1.807) is 0 Å². The number of hydrogen-bond acceptors (Lipinski definition) is 11. The molecule has 3 N–H and O–H groups in total. The number of esters is 3. The fraction of sp³-hybridized carbons (Fsp3) is 0.619. The molecule has 0 aromatic carbocycles. The Hall–Kier alpha value is -4.88. The van der Waals surface area contributed by atoms with E-state index >= 15 is 0 Å². The third kappa shape index (κ3) is 40.1. The Balaban J connectivity index is 2.75. The van der Waals surface area contributed by atoms with Crippen molar-refractivity contribution in [2.24, 2.45) is 0 Å². The summed E-state index contributed by atoms with van der Waals surface area (Å²) in [6, 6.07) is 0. The smallest absolute Gasteiger partial charge is 0.335 e. The predicted octanol–water partition coefficient (Wildman–Crippen LogP) is 14.4. The van der Waals surface area contributed by atoms with Crippen LogP contribution in [-0.4, -0.2) is 89.2 Å². The summed E-state index contributed by atoms with van der Waals surface area (Å²) in [7, 11) is 0. The number of hydrogen-bond donors (Lipinski definition) is 3. The molecule has 0 spiro atoms. The maximum atomic E-state index is 13.1. The maximum absolute atomic E-state index is 13.1. The second kappa shape index (κ2) is 50.0. The van der Waals surface area contributed by atoms with Gasteiger partial charge in [-0.05, 0) is 116 Å². The van der Waals surface area contributed by atoms with Crippen LogP contribution in [0.25, 0.3) is 0 Å². The molecule has 1 saturated heterocycles. The van der Waals surface area contributed by atoms with Gasteiger partial charge in [0.2, 0.25) is 0 Å². The predicted molar refractivity (Wildman–Crippen MR) is 303 cm³/mol. The van der Waals surface area contributed by atoms with Gasteiger partial charge in [-0.1, -0.05) is 187 Å². The second-order valence-electron chi connectivity index (χ2n) is 18.8. The SMILES string of the molecule is CC/C=C\C/C=C\C/C=C\C/C=C\C/C=C\CCCC(=O)OCC(COC1OC(C(=O)O)C(O)C(O)C1OC(=O)CCCCCC/C=C\C/C=C\C/C=C\C/C=C\CC)OC(=O)CCCCCCC/C=C\CCCC. The molecular weight excluding hydrogens is 949 g/mol. The molecule has 0 aromatic rings. The largest absolute Gasteiger partial charge is 0.479 e. The lowest BCUT2D eigenvalue weighted by Gasteiger charge is -2.40. The Morgan fingerprint density at radius 1 is 0.453 bits per heavy atom. The minimum Gasteiger partial charge on any atom is -0.479 e. The highest BCUT2D eigenvalue weighted by Gasteiger charge is 2.50. The minimum absolute atomic E-state index is 0.0196. The summed E-state index contributed by atoms with van der Waals surface area (Å²) in [6.07, 6.45) is 56.1. The van der Waals surface area contributed by atoms with Crippen LogP contribution < -0.4 is 0 Å². The lowest BCUT2D eigenvalue weighted by atomic mass is 9.98. The summed E-state index contributed by atoms with van der Waals surface area (Å²) in [5, 5.41) is 31.4. The molecule has 6 atom stereocenters. The lowest BCUT2D eigenvalue weighted by Crippen LogP contribution is -2.61. The van der Waals surface area contributed by atoms with Crippen molar-refractivity contribution in [1.29, 1.82) is 0 Å². The summed E-state index contributed by atoms with van der Waals surface area (Å²) in [6.45, 7) is 5.63. The van der Waals surface area contributed by atoms with Crippen LogP contribution in [0.15, 0.2) is 122 Å². The number of carboxylic acids is 1. The van der Waals surface area contributed by atoms with E-state index in [4.69, 9.17) is 23.7 Å². The molecule has 75 heavy (non-hydrogen) atoms. The molecular formula is C63H98O12. The number of allylic oxidation sites excluding steroid dienone is 20. The number of unbranched alkanes of at least 4 members (excludes halogenated alkanes) is 12. The number of ether oxygens (including phenoxy) is 5. The highest BCUT2D eigenvalue weighted by molar-refractivity contribution is 5.74. The van der Waals surface area contributed by atoms with Crippen molar-refractivity contribution in [3.05, 3.63) is 122 Å². The Kier molecular flexibility index (Phi) is 45.4. The maximum Gasteiger partial charge on any atom is 0.335 e. The molecule has 1 aliphatic rings. The molecule has 0 aliphatic carbocycles. The minimum atomic E-state index is -1.93. The van der Waals surface area contributed by atoms with Crippen molar-refractivity contribution >= 4 is 23.9 Å². The van der Waals surface area contributed by atoms with E-state index in [1.807, 2.05) is 6.08 Å². The normalized spacial score (nSPS) is 19.1. The molecule has 0 aromatic heterocycles. The number of carboxylic acid groups (broad SMARTS) is 1. The highest BCUT2D eigenvalue weighted by Crippen LogP contribution is 2.26. The zero-order valence-electron chi connectivity index (χ0n) is 46.2. The van der Waals surface area contributed by atoms with Gasteiger partial charge in [0, 0.05) is 19.3 Å².